The van der Waals surface area contributed by atoms with Crippen LogP contribution in [0.1, 0.15) is 69.8 Å². The molecule has 0 bridgehead atoms. The van der Waals surface area contributed by atoms with E-state index in [1.54, 1.807) is 19.1 Å². The van der Waals surface area contributed by atoms with Gasteiger partial charge < -0.3 is 23.7 Å². The number of hydrogen-bond donors (Lipinski definition) is 1. The van der Waals surface area contributed by atoms with Gasteiger partial charge >= 0.3 is 12.1 Å². The largest absolute Gasteiger partial charge is 0.496 e. The van der Waals surface area contributed by atoms with E-state index >= 15 is 0 Å². The number of nitrogens with one attached hydrogen (secondary N) is 1. The smallest absolute Gasteiger partial charge is 0.410 e. The molecule has 2 aliphatic rings. The average molecular weight is 555 g/mol. The van der Waals surface area contributed by atoms with Gasteiger partial charge in [-0.05, 0) is 54.0 Å². The van der Waals surface area contributed by atoms with Crippen molar-refractivity contribution in [2.24, 2.45) is 0 Å². The first-order valence-corrected chi connectivity index (χ1v) is 13.7. The van der Waals surface area contributed by atoms with E-state index < -0.39 is 29.4 Å². The highest BCUT2D eigenvalue weighted by atomic mass is 16.6. The molecule has 2 aromatic rings. The summed E-state index contributed by atoms with van der Waals surface area (Å²) in [4.78, 5) is 28.0. The fraction of sp³-hybridized carbons (Fsp3) is 0.548. The van der Waals surface area contributed by atoms with Gasteiger partial charge in [-0.3, -0.25) is 15.0 Å². The third-order valence-corrected chi connectivity index (χ3v) is 6.82. The molecule has 1 N–H and O–H groups in total. The molecule has 9 heteroatoms. The lowest BCUT2D eigenvalue weighted by molar-refractivity contribution is -0.158. The Morgan fingerprint density at radius 1 is 0.925 bits per heavy atom. The molecule has 0 aromatic heterocycles. The molecule has 3 atom stereocenters. The zero-order chi connectivity index (χ0) is 29.4. The van der Waals surface area contributed by atoms with Gasteiger partial charge in [0.2, 0.25) is 0 Å². The van der Waals surface area contributed by atoms with Crippen molar-refractivity contribution in [3.05, 3.63) is 52.6 Å². The number of benzene rings is 2. The number of ether oxygens (including phenoxy) is 5. The number of carbonyl (C=O) groups excluding carboxylic acids is 2. The second-order valence-electron chi connectivity index (χ2n) is 12.3. The molecular weight excluding hydrogens is 512 g/mol. The Kier molecular flexibility index (Phi) is 8.26. The standard InChI is InChI=1S/C31H42N2O7/c1-18-25(36-8)20-15-21(28(34)39-30(2,3)4)32-24(22-16-33(22)29(35)40-31(5,6)7)23(20)27(26(18)37-9)38-17-19-13-11-10-12-14-19/h10-14,21-22,24,32H,15-17H2,1-9H3/t21?,22-,24-,33?/m0/s1. The summed E-state index contributed by atoms with van der Waals surface area (Å²) < 4.78 is 29.7. The maximum Gasteiger partial charge on any atom is 0.410 e. The highest BCUT2D eigenvalue weighted by Crippen LogP contribution is 2.51. The summed E-state index contributed by atoms with van der Waals surface area (Å²) in [6, 6.07) is 8.49. The first-order valence-electron chi connectivity index (χ1n) is 13.7. The highest BCUT2D eigenvalue weighted by molar-refractivity contribution is 5.79. The van der Waals surface area contributed by atoms with Crippen LogP contribution in [0, 0.1) is 6.92 Å². The van der Waals surface area contributed by atoms with Crippen LogP contribution in [-0.2, 0) is 27.3 Å². The van der Waals surface area contributed by atoms with Crippen molar-refractivity contribution in [2.45, 2.75) is 90.8 Å². The van der Waals surface area contributed by atoms with Gasteiger partial charge in [0.1, 0.15) is 29.6 Å². The summed E-state index contributed by atoms with van der Waals surface area (Å²) in [5, 5.41) is 3.49. The Labute approximate surface area is 237 Å². The van der Waals surface area contributed by atoms with Gasteiger partial charge in [0.15, 0.2) is 11.5 Å². The number of methoxy groups -OCH3 is 2. The molecule has 2 aromatic carbocycles. The van der Waals surface area contributed by atoms with Gasteiger partial charge in [0.25, 0.3) is 0 Å². The van der Waals surface area contributed by atoms with Gasteiger partial charge in [-0.25, -0.2) is 4.79 Å². The van der Waals surface area contributed by atoms with Crippen LogP contribution < -0.4 is 19.5 Å². The molecule has 2 aliphatic heterocycles. The Morgan fingerprint density at radius 2 is 1.55 bits per heavy atom. The molecule has 0 saturated carbocycles. The van der Waals surface area contributed by atoms with Crippen molar-refractivity contribution in [3.63, 3.8) is 0 Å². The van der Waals surface area contributed by atoms with Crippen LogP contribution >= 0.6 is 0 Å². The van der Waals surface area contributed by atoms with Gasteiger partial charge in [-0.2, -0.15) is 0 Å². The minimum atomic E-state index is -0.652. The van der Waals surface area contributed by atoms with E-state index in [1.165, 1.54) is 0 Å². The highest BCUT2D eigenvalue weighted by Gasteiger charge is 2.52. The van der Waals surface area contributed by atoms with E-state index in [4.69, 9.17) is 23.7 Å². The van der Waals surface area contributed by atoms with Crippen LogP contribution in [0.25, 0.3) is 0 Å². The minimum absolute atomic E-state index is 0.268. The Hall–Kier alpha value is -3.46. The number of amides is 1. The normalized spacial score (nSPS) is 20.3. The average Bonchev–Trinajstić information content (AvgIpc) is 3.66. The van der Waals surface area contributed by atoms with Gasteiger partial charge in [-0.15, -0.1) is 0 Å². The molecule has 1 saturated heterocycles. The predicted octanol–water partition coefficient (Wildman–Crippen LogP) is 5.11. The van der Waals surface area contributed by atoms with Crippen LogP contribution in [0.5, 0.6) is 17.2 Å². The summed E-state index contributed by atoms with van der Waals surface area (Å²) in [5.41, 5.74) is 2.14. The maximum absolute atomic E-state index is 13.3. The molecule has 0 spiro atoms. The first-order chi connectivity index (χ1) is 18.7. The van der Waals surface area contributed by atoms with Crippen molar-refractivity contribution in [2.75, 3.05) is 20.8 Å². The lowest BCUT2D eigenvalue weighted by Gasteiger charge is -2.36. The Bertz CT molecular complexity index is 1250. The quantitative estimate of drug-likeness (QED) is 0.373. The second-order valence-corrected chi connectivity index (χ2v) is 12.3. The molecule has 1 fully saturated rings. The van der Waals surface area contributed by atoms with E-state index in [0.29, 0.717) is 36.8 Å². The molecule has 0 radical (unpaired) electrons. The summed E-state index contributed by atoms with van der Waals surface area (Å²) in [6.45, 7) is 13.7. The second kappa shape index (κ2) is 11.2. The van der Waals surface area contributed by atoms with Gasteiger partial charge in [0.05, 0.1) is 26.3 Å². The fourth-order valence-corrected chi connectivity index (χ4v) is 5.17. The predicted molar refractivity (Wildman–Crippen MR) is 151 cm³/mol. The van der Waals surface area contributed by atoms with Crippen LogP contribution in [0.15, 0.2) is 30.3 Å². The van der Waals surface area contributed by atoms with E-state index in [1.807, 2.05) is 78.8 Å². The van der Waals surface area contributed by atoms with Crippen molar-refractivity contribution in [3.8, 4) is 17.2 Å². The van der Waals surface area contributed by atoms with Gasteiger partial charge in [0, 0.05) is 29.7 Å². The minimum Gasteiger partial charge on any atom is -0.496 e. The molecule has 1 unspecified atom stereocenters. The molecule has 218 valence electrons. The number of rotatable bonds is 7. The first kappa shape index (κ1) is 29.5. The molecule has 9 nitrogen and oxygen atoms in total. The van der Waals surface area contributed by atoms with Crippen LogP contribution in [-0.4, -0.2) is 61.0 Å². The number of esters is 1. The fourth-order valence-electron chi connectivity index (χ4n) is 5.17. The molecule has 0 aliphatic carbocycles. The third kappa shape index (κ3) is 6.46. The number of nitrogens with zero attached hydrogens (tertiary/aromatic N) is 1. The number of hydrogen-bond acceptors (Lipinski definition) is 8. The summed E-state index contributed by atoms with van der Waals surface area (Å²) >= 11 is 0. The van der Waals surface area contributed by atoms with Crippen molar-refractivity contribution < 1.29 is 33.3 Å². The monoisotopic (exact) mass is 554 g/mol. The molecule has 1 amide bonds. The molecular formula is C31H42N2O7. The molecule has 40 heavy (non-hydrogen) atoms. The van der Waals surface area contributed by atoms with Crippen LogP contribution in [0.4, 0.5) is 4.79 Å². The topological polar surface area (TPSA) is 95.3 Å². The lowest BCUT2D eigenvalue weighted by atomic mass is 9.85. The zero-order valence-electron chi connectivity index (χ0n) is 25.0. The maximum atomic E-state index is 13.3. The summed E-state index contributed by atoms with van der Waals surface area (Å²) in [7, 11) is 3.21. The SMILES string of the molecule is COc1c(C)c(OC)c(OCc2ccccc2)c2c1CC(C(=O)OC(C)(C)C)N[C@H]2[C@@H]1CN1C(=O)OC(C)(C)C. The van der Waals surface area contributed by atoms with E-state index in [9.17, 15) is 9.59 Å². The van der Waals surface area contributed by atoms with Crippen LogP contribution in [0.2, 0.25) is 0 Å². The zero-order valence-corrected chi connectivity index (χ0v) is 25.0. The number of fused-ring (bicyclic) bond motifs is 1. The van der Waals surface area contributed by atoms with Crippen molar-refractivity contribution in [1.82, 2.24) is 10.2 Å². The van der Waals surface area contributed by atoms with Crippen molar-refractivity contribution in [1.29, 1.82) is 0 Å². The summed E-state index contributed by atoms with van der Waals surface area (Å²) in [5.74, 6) is 1.38. The van der Waals surface area contributed by atoms with E-state index in [2.05, 4.69) is 5.32 Å². The number of carbonyl (C=O) groups is 2. The Morgan fingerprint density at radius 3 is 2.12 bits per heavy atom. The molecule has 2 heterocycles. The van der Waals surface area contributed by atoms with Crippen LogP contribution in [0.3, 0.4) is 0 Å². The van der Waals surface area contributed by atoms with Gasteiger partial charge in [-0.1, -0.05) is 30.3 Å². The summed E-state index contributed by atoms with van der Waals surface area (Å²) in [6.07, 6.45) is -0.0756. The molecule has 4 rings (SSSR count). The van der Waals surface area contributed by atoms with Crippen molar-refractivity contribution >= 4 is 12.1 Å². The third-order valence-electron chi connectivity index (χ3n) is 6.82. The lowest BCUT2D eigenvalue weighted by Crippen LogP contribution is -2.49. The van der Waals surface area contributed by atoms with E-state index in [-0.39, 0.29) is 12.0 Å². The Balaban J connectivity index is 1.81. The van der Waals surface area contributed by atoms with E-state index in [0.717, 1.165) is 22.3 Å².